The number of fused-ring (bicyclic) bond motifs is 1. The van der Waals surface area contributed by atoms with E-state index in [1.807, 2.05) is 0 Å². The van der Waals surface area contributed by atoms with Gasteiger partial charge >= 0.3 is 0 Å². The predicted molar refractivity (Wildman–Crippen MR) is 123 cm³/mol. The Kier molecular flexibility index (Phi) is 5.83. The van der Waals surface area contributed by atoms with Gasteiger partial charge in [-0.3, -0.25) is 0 Å². The fraction of sp³-hybridized carbons (Fsp3) is 0.480. The summed E-state index contributed by atoms with van der Waals surface area (Å²) in [5.41, 5.74) is 3.70. The van der Waals surface area contributed by atoms with E-state index in [0.717, 1.165) is 11.0 Å². The Morgan fingerprint density at radius 3 is 1.57 bits per heavy atom. The third-order valence-electron chi connectivity index (χ3n) is 5.35. The fourth-order valence-electron chi connectivity index (χ4n) is 4.41. The SMILES string of the molecule is CC(C)N(c1c(N(C(C)C)C(C)C)c1=Nc1cccc2ccccc12)C(C)C. The first-order chi connectivity index (χ1) is 13.2. The predicted octanol–water partition coefficient (Wildman–Crippen LogP) is 6.19. The van der Waals surface area contributed by atoms with Crippen LogP contribution in [0, 0.1) is 0 Å². The quantitative estimate of drug-likeness (QED) is 0.488. The number of hydrogen-bond acceptors (Lipinski definition) is 3. The van der Waals surface area contributed by atoms with Gasteiger partial charge in [0.2, 0.25) is 0 Å². The van der Waals surface area contributed by atoms with Crippen LogP contribution in [0.2, 0.25) is 0 Å². The summed E-state index contributed by atoms with van der Waals surface area (Å²) in [5.74, 6) is 0. The normalized spacial score (nSPS) is 12.1. The van der Waals surface area contributed by atoms with E-state index in [9.17, 15) is 0 Å². The summed E-state index contributed by atoms with van der Waals surface area (Å²) in [6.07, 6.45) is 0. The van der Waals surface area contributed by atoms with Crippen molar-refractivity contribution in [2.24, 2.45) is 4.99 Å². The average molecular weight is 378 g/mol. The Bertz CT molecular complexity index is 899. The van der Waals surface area contributed by atoms with E-state index < -0.39 is 0 Å². The zero-order chi connectivity index (χ0) is 20.6. The van der Waals surface area contributed by atoms with E-state index in [2.05, 4.69) is 108 Å². The smallest absolute Gasteiger partial charge is 0.115 e. The third kappa shape index (κ3) is 3.80. The van der Waals surface area contributed by atoms with Crippen molar-refractivity contribution >= 4 is 27.8 Å². The van der Waals surface area contributed by atoms with Gasteiger partial charge in [-0.1, -0.05) is 36.4 Å². The van der Waals surface area contributed by atoms with Crippen LogP contribution in [0.3, 0.4) is 0 Å². The second-order valence-corrected chi connectivity index (χ2v) is 8.85. The maximum absolute atomic E-state index is 5.19. The number of rotatable bonds is 7. The molecule has 0 saturated carbocycles. The first kappa shape index (κ1) is 20.4. The molecule has 3 aromatic rings. The summed E-state index contributed by atoms with van der Waals surface area (Å²) < 4.78 is 0. The molecule has 3 aromatic carbocycles. The van der Waals surface area contributed by atoms with Gasteiger partial charge in [-0.15, -0.1) is 0 Å². The van der Waals surface area contributed by atoms with Gasteiger partial charge in [-0.25, -0.2) is 4.99 Å². The van der Waals surface area contributed by atoms with Gasteiger partial charge in [-0.2, -0.15) is 0 Å². The molecule has 0 fully saturated rings. The van der Waals surface area contributed by atoms with E-state index in [0.29, 0.717) is 24.2 Å². The van der Waals surface area contributed by atoms with Crippen molar-refractivity contribution in [3.05, 3.63) is 47.8 Å². The summed E-state index contributed by atoms with van der Waals surface area (Å²) in [5, 5.41) is 3.60. The van der Waals surface area contributed by atoms with Crippen LogP contribution in [0.5, 0.6) is 0 Å². The van der Waals surface area contributed by atoms with Crippen LogP contribution in [0.4, 0.5) is 17.1 Å². The molecule has 0 aliphatic rings. The van der Waals surface area contributed by atoms with Crippen molar-refractivity contribution in [3.8, 4) is 0 Å². The molecule has 0 atom stereocenters. The van der Waals surface area contributed by atoms with Gasteiger partial charge in [-0.05, 0) is 66.8 Å². The Morgan fingerprint density at radius 2 is 1.07 bits per heavy atom. The molecule has 0 bridgehead atoms. The largest absolute Gasteiger partial charge is 0.363 e. The van der Waals surface area contributed by atoms with Gasteiger partial charge in [0, 0.05) is 29.6 Å². The highest BCUT2D eigenvalue weighted by Gasteiger charge is 2.35. The molecule has 3 rings (SSSR count). The van der Waals surface area contributed by atoms with Crippen LogP contribution in [0.25, 0.3) is 10.8 Å². The monoisotopic (exact) mass is 377 g/mol. The molecular formula is C25H35N3. The summed E-state index contributed by atoms with van der Waals surface area (Å²) in [6.45, 7) is 18.2. The average Bonchev–Trinajstić information content (AvgIpc) is 3.26. The molecule has 28 heavy (non-hydrogen) atoms. The van der Waals surface area contributed by atoms with Crippen molar-refractivity contribution in [1.29, 1.82) is 0 Å². The number of hydrogen-bond donors (Lipinski definition) is 0. The van der Waals surface area contributed by atoms with Crippen LogP contribution >= 0.6 is 0 Å². The lowest BCUT2D eigenvalue weighted by atomic mass is 10.1. The van der Waals surface area contributed by atoms with Gasteiger partial charge in [0.15, 0.2) is 0 Å². The number of benzene rings is 2. The summed E-state index contributed by atoms with van der Waals surface area (Å²) >= 11 is 0. The van der Waals surface area contributed by atoms with Crippen LogP contribution in [-0.4, -0.2) is 24.2 Å². The van der Waals surface area contributed by atoms with Crippen LogP contribution in [0.15, 0.2) is 47.5 Å². The molecule has 0 N–H and O–H groups in total. The highest BCUT2D eigenvalue weighted by atomic mass is 15.3. The molecular weight excluding hydrogens is 342 g/mol. The molecule has 150 valence electrons. The zero-order valence-electron chi connectivity index (χ0n) is 18.7. The first-order valence-corrected chi connectivity index (χ1v) is 10.6. The lowest BCUT2D eigenvalue weighted by Crippen LogP contribution is -2.38. The van der Waals surface area contributed by atoms with Gasteiger partial charge in [0.05, 0.1) is 17.1 Å². The number of anilines is 2. The summed E-state index contributed by atoms with van der Waals surface area (Å²) in [4.78, 5) is 10.2. The molecule has 0 amide bonds. The molecule has 0 unspecified atom stereocenters. The minimum Gasteiger partial charge on any atom is -0.363 e. The molecule has 0 radical (unpaired) electrons. The Balaban J connectivity index is 2.21. The Hall–Kier alpha value is -2.29. The highest BCUT2D eigenvalue weighted by Crippen LogP contribution is 2.39. The Labute approximate surface area is 170 Å². The van der Waals surface area contributed by atoms with Crippen LogP contribution < -0.4 is 15.2 Å². The zero-order valence-corrected chi connectivity index (χ0v) is 18.7. The highest BCUT2D eigenvalue weighted by molar-refractivity contribution is 5.93. The van der Waals surface area contributed by atoms with Crippen molar-refractivity contribution in [1.82, 2.24) is 0 Å². The lowest BCUT2D eigenvalue weighted by Gasteiger charge is -2.33. The standard InChI is InChI=1S/C25H35N3/c1-16(2)27(17(3)4)24-23(25(24)28(18(5)6)19(7)8)26-22-15-11-13-20-12-9-10-14-21(20)22/h9-19H,1-8H3. The third-order valence-corrected chi connectivity index (χ3v) is 5.35. The van der Waals surface area contributed by atoms with Gasteiger partial charge in [0.25, 0.3) is 0 Å². The summed E-state index contributed by atoms with van der Waals surface area (Å²) in [6, 6.07) is 16.6. The first-order valence-electron chi connectivity index (χ1n) is 10.6. The van der Waals surface area contributed by atoms with Crippen molar-refractivity contribution in [2.45, 2.75) is 79.6 Å². The van der Waals surface area contributed by atoms with E-state index in [1.165, 1.54) is 22.1 Å². The van der Waals surface area contributed by atoms with Gasteiger partial charge in [0.1, 0.15) is 5.36 Å². The molecule has 3 nitrogen and oxygen atoms in total. The fourth-order valence-corrected chi connectivity index (χ4v) is 4.41. The second-order valence-electron chi connectivity index (χ2n) is 8.85. The van der Waals surface area contributed by atoms with E-state index in [-0.39, 0.29) is 0 Å². The molecule has 0 aromatic heterocycles. The van der Waals surface area contributed by atoms with E-state index in [1.54, 1.807) is 0 Å². The van der Waals surface area contributed by atoms with Crippen molar-refractivity contribution in [3.63, 3.8) is 0 Å². The maximum Gasteiger partial charge on any atom is 0.115 e. The summed E-state index contributed by atoms with van der Waals surface area (Å²) in [7, 11) is 0. The Morgan fingerprint density at radius 1 is 0.607 bits per heavy atom. The van der Waals surface area contributed by atoms with Gasteiger partial charge < -0.3 is 9.80 Å². The minimum atomic E-state index is 0.436. The van der Waals surface area contributed by atoms with E-state index in [4.69, 9.17) is 4.99 Å². The molecule has 0 saturated heterocycles. The second kappa shape index (κ2) is 7.98. The van der Waals surface area contributed by atoms with Crippen LogP contribution in [0.1, 0.15) is 55.4 Å². The topological polar surface area (TPSA) is 18.8 Å². The van der Waals surface area contributed by atoms with Crippen molar-refractivity contribution in [2.75, 3.05) is 9.80 Å². The molecule has 0 aliphatic carbocycles. The molecule has 0 aliphatic heterocycles. The van der Waals surface area contributed by atoms with E-state index >= 15 is 0 Å². The lowest BCUT2D eigenvalue weighted by molar-refractivity contribution is 0.598. The van der Waals surface area contributed by atoms with Crippen molar-refractivity contribution < 1.29 is 0 Å². The number of nitrogens with zero attached hydrogens (tertiary/aromatic N) is 3. The maximum atomic E-state index is 5.19. The molecule has 0 spiro atoms. The van der Waals surface area contributed by atoms with Crippen LogP contribution in [-0.2, 0) is 0 Å². The molecule has 0 heterocycles. The molecule has 3 heteroatoms. The minimum absolute atomic E-state index is 0.436.